The van der Waals surface area contributed by atoms with E-state index in [1.807, 2.05) is 30.3 Å². The van der Waals surface area contributed by atoms with Crippen LogP contribution in [0.2, 0.25) is 0 Å². The van der Waals surface area contributed by atoms with E-state index in [0.717, 1.165) is 28.9 Å². The van der Waals surface area contributed by atoms with Crippen LogP contribution in [0.4, 0.5) is 11.4 Å². The minimum absolute atomic E-state index is 0.166. The molecule has 22 heavy (non-hydrogen) atoms. The van der Waals surface area contributed by atoms with E-state index in [9.17, 15) is 4.79 Å². The molecular weight excluding hydrogens is 346 g/mol. The number of halogens is 1. The van der Waals surface area contributed by atoms with Gasteiger partial charge in [-0.2, -0.15) is 0 Å². The van der Waals surface area contributed by atoms with Crippen LogP contribution >= 0.6 is 15.9 Å². The number of amides is 1. The monoisotopic (exact) mass is 361 g/mol. The predicted octanol–water partition coefficient (Wildman–Crippen LogP) is 2.93. The summed E-state index contributed by atoms with van der Waals surface area (Å²) < 4.78 is 6.27. The summed E-state index contributed by atoms with van der Waals surface area (Å²) in [6.07, 6.45) is 3.36. The van der Waals surface area contributed by atoms with Gasteiger partial charge >= 0.3 is 0 Å². The average Bonchev–Trinajstić information content (AvgIpc) is 2.56. The van der Waals surface area contributed by atoms with Crippen molar-refractivity contribution >= 4 is 33.2 Å². The molecular formula is C16H16BrN3O2. The number of pyridine rings is 1. The molecule has 1 fully saturated rings. The average molecular weight is 362 g/mol. The quantitative estimate of drug-likeness (QED) is 0.912. The normalized spacial score (nSPS) is 14.7. The molecule has 1 aromatic carbocycles. The van der Waals surface area contributed by atoms with E-state index in [1.165, 1.54) is 0 Å². The van der Waals surface area contributed by atoms with Crippen molar-refractivity contribution in [1.29, 1.82) is 0 Å². The van der Waals surface area contributed by atoms with Gasteiger partial charge in [0.1, 0.15) is 0 Å². The lowest BCUT2D eigenvalue weighted by Crippen LogP contribution is -2.36. The van der Waals surface area contributed by atoms with Crippen LogP contribution in [0.25, 0.3) is 0 Å². The van der Waals surface area contributed by atoms with Gasteiger partial charge < -0.3 is 15.0 Å². The van der Waals surface area contributed by atoms with Crippen molar-refractivity contribution in [3.05, 3.63) is 52.8 Å². The molecule has 2 aromatic rings. The molecule has 0 aliphatic carbocycles. The van der Waals surface area contributed by atoms with Crippen molar-refractivity contribution in [2.45, 2.75) is 0 Å². The minimum Gasteiger partial charge on any atom is -0.378 e. The summed E-state index contributed by atoms with van der Waals surface area (Å²) in [5.41, 5.74) is 2.24. The van der Waals surface area contributed by atoms with Gasteiger partial charge in [-0.25, -0.2) is 0 Å². The molecule has 1 N–H and O–H groups in total. The van der Waals surface area contributed by atoms with Crippen LogP contribution in [-0.2, 0) is 4.74 Å². The molecule has 1 amide bonds. The third kappa shape index (κ3) is 3.64. The van der Waals surface area contributed by atoms with Gasteiger partial charge in [-0.05, 0) is 24.3 Å². The van der Waals surface area contributed by atoms with Gasteiger partial charge in [0.2, 0.25) is 0 Å². The Morgan fingerprint density at radius 3 is 2.82 bits per heavy atom. The molecule has 1 aromatic heterocycles. The highest BCUT2D eigenvalue weighted by Crippen LogP contribution is 2.19. The molecule has 0 bridgehead atoms. The standard InChI is InChI=1S/C16H16BrN3O2/c17-13-2-1-3-14(9-13)19-16(21)12-8-15(11-18-10-12)20-4-6-22-7-5-20/h1-3,8-11H,4-7H2,(H,19,21). The number of carbonyl (C=O) groups excluding carboxylic acids is 1. The highest BCUT2D eigenvalue weighted by Gasteiger charge is 2.14. The Labute approximate surface area is 137 Å². The number of benzene rings is 1. The Bertz CT molecular complexity index is 672. The predicted molar refractivity (Wildman–Crippen MR) is 89.4 cm³/mol. The van der Waals surface area contributed by atoms with Crippen LogP contribution in [0.15, 0.2) is 47.2 Å². The summed E-state index contributed by atoms with van der Waals surface area (Å²) in [4.78, 5) is 18.7. The third-order valence-corrected chi connectivity index (χ3v) is 3.94. The Kier molecular flexibility index (Phi) is 4.70. The second-order valence-electron chi connectivity index (χ2n) is 5.00. The summed E-state index contributed by atoms with van der Waals surface area (Å²) in [6.45, 7) is 3.04. The van der Waals surface area contributed by atoms with Gasteiger partial charge in [0, 0.05) is 29.4 Å². The first-order valence-electron chi connectivity index (χ1n) is 7.07. The van der Waals surface area contributed by atoms with Gasteiger partial charge in [-0.1, -0.05) is 22.0 Å². The van der Waals surface area contributed by atoms with E-state index >= 15 is 0 Å². The number of anilines is 2. The maximum atomic E-state index is 12.4. The van der Waals surface area contributed by atoms with Crippen molar-refractivity contribution in [1.82, 2.24) is 4.98 Å². The van der Waals surface area contributed by atoms with Gasteiger partial charge in [0.25, 0.3) is 5.91 Å². The lowest BCUT2D eigenvalue weighted by Gasteiger charge is -2.28. The molecule has 5 nitrogen and oxygen atoms in total. The van der Waals surface area contributed by atoms with E-state index in [0.29, 0.717) is 18.8 Å². The Morgan fingerprint density at radius 2 is 2.05 bits per heavy atom. The summed E-state index contributed by atoms with van der Waals surface area (Å²) in [7, 11) is 0. The first kappa shape index (κ1) is 15.0. The molecule has 3 rings (SSSR count). The van der Waals surface area contributed by atoms with Crippen LogP contribution < -0.4 is 10.2 Å². The minimum atomic E-state index is -0.166. The smallest absolute Gasteiger partial charge is 0.257 e. The molecule has 2 heterocycles. The first-order valence-corrected chi connectivity index (χ1v) is 7.86. The number of aromatic nitrogens is 1. The highest BCUT2D eigenvalue weighted by atomic mass is 79.9. The summed E-state index contributed by atoms with van der Waals surface area (Å²) in [5.74, 6) is -0.166. The van der Waals surface area contributed by atoms with E-state index < -0.39 is 0 Å². The number of nitrogens with zero attached hydrogens (tertiary/aromatic N) is 2. The number of carbonyl (C=O) groups is 1. The zero-order chi connectivity index (χ0) is 15.4. The Morgan fingerprint density at radius 1 is 1.23 bits per heavy atom. The topological polar surface area (TPSA) is 54.5 Å². The molecule has 0 spiro atoms. The maximum absolute atomic E-state index is 12.4. The third-order valence-electron chi connectivity index (χ3n) is 3.44. The van der Waals surface area contributed by atoms with Crippen molar-refractivity contribution in [3.63, 3.8) is 0 Å². The fourth-order valence-electron chi connectivity index (χ4n) is 2.32. The molecule has 1 aliphatic rings. The Hall–Kier alpha value is -1.92. The van der Waals surface area contributed by atoms with Crippen LogP contribution in [0.5, 0.6) is 0 Å². The van der Waals surface area contributed by atoms with Crippen molar-refractivity contribution in [2.75, 3.05) is 36.5 Å². The summed E-state index contributed by atoms with van der Waals surface area (Å²) in [6, 6.07) is 9.36. The van der Waals surface area contributed by atoms with Gasteiger partial charge in [-0.3, -0.25) is 9.78 Å². The van der Waals surface area contributed by atoms with Gasteiger partial charge in [-0.15, -0.1) is 0 Å². The van der Waals surface area contributed by atoms with Gasteiger partial charge in [0.15, 0.2) is 0 Å². The Balaban J connectivity index is 1.75. The number of nitrogens with one attached hydrogen (secondary N) is 1. The second-order valence-corrected chi connectivity index (χ2v) is 5.91. The lowest BCUT2D eigenvalue weighted by atomic mass is 10.2. The lowest BCUT2D eigenvalue weighted by molar-refractivity contribution is 0.102. The van der Waals surface area contributed by atoms with Crippen LogP contribution in [-0.4, -0.2) is 37.2 Å². The van der Waals surface area contributed by atoms with E-state index in [4.69, 9.17) is 4.74 Å². The molecule has 1 saturated heterocycles. The summed E-state index contributed by atoms with van der Waals surface area (Å²) >= 11 is 3.39. The molecule has 0 saturated carbocycles. The number of hydrogen-bond donors (Lipinski definition) is 1. The first-order chi connectivity index (χ1) is 10.7. The molecule has 0 radical (unpaired) electrons. The summed E-state index contributed by atoms with van der Waals surface area (Å²) in [5, 5.41) is 2.88. The zero-order valence-corrected chi connectivity index (χ0v) is 13.5. The molecule has 6 heteroatoms. The van der Waals surface area contributed by atoms with Crippen molar-refractivity contribution in [2.24, 2.45) is 0 Å². The number of hydrogen-bond acceptors (Lipinski definition) is 4. The number of ether oxygens (including phenoxy) is 1. The van der Waals surface area contributed by atoms with E-state index in [2.05, 4.69) is 31.1 Å². The molecule has 0 atom stereocenters. The molecule has 114 valence electrons. The van der Waals surface area contributed by atoms with Crippen LogP contribution in [0, 0.1) is 0 Å². The SMILES string of the molecule is O=C(Nc1cccc(Br)c1)c1cncc(N2CCOCC2)c1. The molecule has 1 aliphatic heterocycles. The fourth-order valence-corrected chi connectivity index (χ4v) is 2.72. The van der Waals surface area contributed by atoms with Crippen LogP contribution in [0.1, 0.15) is 10.4 Å². The van der Waals surface area contributed by atoms with E-state index in [-0.39, 0.29) is 5.91 Å². The number of morpholine rings is 1. The van der Waals surface area contributed by atoms with Gasteiger partial charge in [0.05, 0.1) is 30.7 Å². The van der Waals surface area contributed by atoms with Crippen LogP contribution in [0.3, 0.4) is 0 Å². The van der Waals surface area contributed by atoms with Crippen molar-refractivity contribution < 1.29 is 9.53 Å². The number of rotatable bonds is 3. The zero-order valence-electron chi connectivity index (χ0n) is 12.0. The molecule has 0 unspecified atom stereocenters. The maximum Gasteiger partial charge on any atom is 0.257 e. The highest BCUT2D eigenvalue weighted by molar-refractivity contribution is 9.10. The van der Waals surface area contributed by atoms with Crippen molar-refractivity contribution in [3.8, 4) is 0 Å². The fraction of sp³-hybridized carbons (Fsp3) is 0.250. The van der Waals surface area contributed by atoms with E-state index in [1.54, 1.807) is 12.4 Å². The largest absolute Gasteiger partial charge is 0.378 e. The second kappa shape index (κ2) is 6.89.